The van der Waals surface area contributed by atoms with Crippen LogP contribution in [0.3, 0.4) is 0 Å². The van der Waals surface area contributed by atoms with Gasteiger partial charge in [-0.1, -0.05) is 41.5 Å². The van der Waals surface area contributed by atoms with Crippen LogP contribution in [-0.2, 0) is 9.16 Å². The lowest BCUT2D eigenvalue weighted by Crippen LogP contribution is -2.47. The molecule has 3 heteroatoms. The predicted molar refractivity (Wildman–Crippen MR) is 77.5 cm³/mol. The molecule has 0 aromatic carbocycles. The maximum Gasteiger partial charge on any atom is 0.263 e. The Morgan fingerprint density at radius 3 is 1.35 bits per heavy atom. The summed E-state index contributed by atoms with van der Waals surface area (Å²) in [4.78, 5) is 0. The Labute approximate surface area is 109 Å². The molecule has 0 spiro atoms. The summed E-state index contributed by atoms with van der Waals surface area (Å²) in [6, 6.07) is 0. The molecule has 2 nitrogen and oxygen atoms in total. The average molecular weight is 258 g/mol. The third-order valence-electron chi connectivity index (χ3n) is 3.57. The van der Waals surface area contributed by atoms with Crippen LogP contribution in [0.4, 0.5) is 0 Å². The molecule has 0 radical (unpaired) electrons. The van der Waals surface area contributed by atoms with Crippen molar-refractivity contribution in [3.05, 3.63) is 11.5 Å². The van der Waals surface area contributed by atoms with Gasteiger partial charge in [-0.3, -0.25) is 0 Å². The lowest BCUT2D eigenvalue weighted by atomic mass is 10.4. The summed E-state index contributed by atoms with van der Waals surface area (Å²) >= 11 is 0. The Hall–Kier alpha value is -0.443. The number of methoxy groups -OCH3 is 1. The topological polar surface area (TPSA) is 18.5 Å². The average Bonchev–Trinajstić information content (AvgIpc) is 2.16. The van der Waals surface area contributed by atoms with Gasteiger partial charge in [0, 0.05) is 5.57 Å². The minimum absolute atomic E-state index is 0.576. The maximum absolute atomic E-state index is 6.43. The van der Waals surface area contributed by atoms with Crippen LogP contribution < -0.4 is 0 Å². The molecule has 0 saturated heterocycles. The minimum atomic E-state index is -1.86. The van der Waals surface area contributed by atoms with E-state index in [0.29, 0.717) is 16.6 Å². The molecule has 0 aliphatic rings. The van der Waals surface area contributed by atoms with E-state index in [0.717, 1.165) is 11.5 Å². The monoisotopic (exact) mass is 258 g/mol. The highest BCUT2D eigenvalue weighted by Crippen LogP contribution is 2.43. The molecule has 102 valence electrons. The van der Waals surface area contributed by atoms with E-state index in [-0.39, 0.29) is 0 Å². The van der Waals surface area contributed by atoms with E-state index in [1.165, 1.54) is 0 Å². The van der Waals surface area contributed by atoms with Gasteiger partial charge in [0.05, 0.1) is 7.11 Å². The predicted octanol–water partition coefficient (Wildman–Crippen LogP) is 5.08. The first-order chi connectivity index (χ1) is 7.70. The first kappa shape index (κ1) is 16.6. The molecule has 0 saturated carbocycles. The second-order valence-electron chi connectivity index (χ2n) is 5.91. The summed E-state index contributed by atoms with van der Waals surface area (Å²) < 4.78 is 11.8. The Morgan fingerprint density at radius 2 is 1.18 bits per heavy atom. The van der Waals surface area contributed by atoms with E-state index in [1.54, 1.807) is 7.11 Å². The number of hydrogen-bond acceptors (Lipinski definition) is 2. The van der Waals surface area contributed by atoms with Gasteiger partial charge in [0.25, 0.3) is 14.3 Å². The van der Waals surface area contributed by atoms with E-state index in [4.69, 9.17) is 9.16 Å². The zero-order valence-electron chi connectivity index (χ0n) is 13.0. The molecule has 0 aromatic heterocycles. The minimum Gasteiger partial charge on any atom is -0.518 e. The molecule has 0 heterocycles. The summed E-state index contributed by atoms with van der Waals surface area (Å²) in [6.07, 6.45) is 0. The van der Waals surface area contributed by atoms with Crippen LogP contribution in [0.25, 0.3) is 0 Å². The van der Waals surface area contributed by atoms with Gasteiger partial charge in [-0.15, -0.1) is 0 Å². The van der Waals surface area contributed by atoms with E-state index >= 15 is 0 Å². The van der Waals surface area contributed by atoms with Gasteiger partial charge in [0.1, 0.15) is 0 Å². The van der Waals surface area contributed by atoms with Crippen molar-refractivity contribution in [1.29, 1.82) is 0 Å². The van der Waals surface area contributed by atoms with Crippen LogP contribution in [-0.4, -0.2) is 15.4 Å². The molecule has 0 atom stereocenters. The fraction of sp³-hybridized carbons (Fsp3) is 0.857. The van der Waals surface area contributed by atoms with Crippen LogP contribution in [0.15, 0.2) is 11.5 Å². The quantitative estimate of drug-likeness (QED) is 0.489. The van der Waals surface area contributed by atoms with Crippen molar-refractivity contribution in [2.75, 3.05) is 7.11 Å². The second-order valence-corrected chi connectivity index (χ2v) is 11.3. The fourth-order valence-electron chi connectivity index (χ4n) is 2.86. The van der Waals surface area contributed by atoms with E-state index in [1.807, 2.05) is 13.8 Å². The molecule has 0 aromatic rings. The van der Waals surface area contributed by atoms with Crippen LogP contribution in [0.2, 0.25) is 16.6 Å². The number of rotatable bonds is 6. The van der Waals surface area contributed by atoms with Gasteiger partial charge < -0.3 is 9.16 Å². The molecule has 0 unspecified atom stereocenters. The second kappa shape index (κ2) is 6.48. The van der Waals surface area contributed by atoms with Gasteiger partial charge >= 0.3 is 0 Å². The molecule has 0 rings (SSSR count). The SMILES string of the molecule is COC(O[Si](C(C)C)(C(C)C)C(C)C)=C(C)C. The summed E-state index contributed by atoms with van der Waals surface area (Å²) in [7, 11) is -0.160. The Morgan fingerprint density at radius 1 is 0.824 bits per heavy atom. The molecular formula is C14H30O2Si. The highest BCUT2D eigenvalue weighted by molar-refractivity contribution is 6.77. The molecule has 0 N–H and O–H groups in total. The van der Waals surface area contributed by atoms with Crippen molar-refractivity contribution in [3.8, 4) is 0 Å². The van der Waals surface area contributed by atoms with Gasteiger partial charge in [-0.25, -0.2) is 0 Å². The van der Waals surface area contributed by atoms with Gasteiger partial charge in [-0.05, 0) is 30.5 Å². The van der Waals surface area contributed by atoms with Crippen LogP contribution in [0.1, 0.15) is 55.4 Å². The summed E-state index contributed by atoms with van der Waals surface area (Å²) in [5, 5.41) is 0. The summed E-state index contributed by atoms with van der Waals surface area (Å²) in [6.45, 7) is 17.8. The Kier molecular flexibility index (Phi) is 6.31. The number of ether oxygens (including phenoxy) is 1. The van der Waals surface area contributed by atoms with Crippen molar-refractivity contribution < 1.29 is 9.16 Å². The molecule has 0 bridgehead atoms. The normalized spacial score (nSPS) is 12.2. The molecule has 0 aliphatic carbocycles. The highest BCUT2D eigenvalue weighted by Gasteiger charge is 2.47. The zero-order valence-corrected chi connectivity index (χ0v) is 14.0. The Bertz CT molecular complexity index is 242. The Balaban J connectivity index is 5.41. The molecule has 17 heavy (non-hydrogen) atoms. The van der Waals surface area contributed by atoms with E-state index < -0.39 is 8.32 Å². The summed E-state index contributed by atoms with van der Waals surface area (Å²) in [5.41, 5.74) is 2.84. The van der Waals surface area contributed by atoms with Crippen molar-refractivity contribution >= 4 is 8.32 Å². The highest BCUT2D eigenvalue weighted by atomic mass is 28.4. The molecule has 0 aliphatic heterocycles. The van der Waals surface area contributed by atoms with Crippen molar-refractivity contribution in [1.82, 2.24) is 0 Å². The first-order valence-electron chi connectivity index (χ1n) is 6.60. The van der Waals surface area contributed by atoms with Crippen molar-refractivity contribution in [2.45, 2.75) is 72.0 Å². The van der Waals surface area contributed by atoms with Crippen molar-refractivity contribution in [2.24, 2.45) is 0 Å². The lowest BCUT2D eigenvalue weighted by Gasteiger charge is -2.42. The molecule has 0 amide bonds. The van der Waals surface area contributed by atoms with Crippen LogP contribution in [0, 0.1) is 0 Å². The smallest absolute Gasteiger partial charge is 0.263 e. The van der Waals surface area contributed by atoms with Gasteiger partial charge in [0.2, 0.25) is 0 Å². The molecular weight excluding hydrogens is 228 g/mol. The standard InChI is InChI=1S/C14H30O2Si/c1-10(2)14(15-9)16-17(11(3)4,12(5)6)13(7)8/h11-13H,1-9H3. The van der Waals surface area contributed by atoms with E-state index in [9.17, 15) is 0 Å². The number of hydrogen-bond donors (Lipinski definition) is 0. The third kappa shape index (κ3) is 3.51. The van der Waals surface area contributed by atoms with Gasteiger partial charge in [0.15, 0.2) is 0 Å². The summed E-state index contributed by atoms with van der Waals surface area (Å²) in [5.74, 6) is 0.729. The maximum atomic E-state index is 6.43. The third-order valence-corrected chi connectivity index (χ3v) is 9.52. The number of allylic oxidation sites excluding steroid dienone is 1. The van der Waals surface area contributed by atoms with Crippen LogP contribution in [0.5, 0.6) is 0 Å². The van der Waals surface area contributed by atoms with Crippen molar-refractivity contribution in [3.63, 3.8) is 0 Å². The lowest BCUT2D eigenvalue weighted by molar-refractivity contribution is 0.132. The van der Waals surface area contributed by atoms with E-state index in [2.05, 4.69) is 41.5 Å². The zero-order chi connectivity index (χ0) is 13.8. The largest absolute Gasteiger partial charge is 0.518 e. The van der Waals surface area contributed by atoms with Crippen LogP contribution >= 0.6 is 0 Å². The molecule has 0 fully saturated rings. The first-order valence-corrected chi connectivity index (χ1v) is 8.74. The van der Waals surface area contributed by atoms with Gasteiger partial charge in [-0.2, -0.15) is 0 Å². The fourth-order valence-corrected chi connectivity index (χ4v) is 8.18.